The van der Waals surface area contributed by atoms with E-state index in [9.17, 15) is 29.0 Å². The Morgan fingerprint density at radius 2 is 2.08 bits per heavy atom. The molecule has 2 rings (SSSR count). The first-order valence-corrected chi connectivity index (χ1v) is 8.06. The first kappa shape index (κ1) is 20.2. The van der Waals surface area contributed by atoms with E-state index < -0.39 is 60.2 Å². The van der Waals surface area contributed by atoms with Gasteiger partial charge in [-0.3, -0.25) is 19.1 Å². The number of nitrogens with two attached hydrogens (primary N) is 1. The standard InChI is InChI=1S/C15H22FN3O7/c1-6(2)3-8(17)14(23)25-5-9-10(20)11(21)13(26-9)19-4-7(16)12(22)18-15(19)24/h4,6,8-11,13,20-21H,3,5,17H2,1-2H3,(H,18,22,24)/t8-,9+,10+,11+,13+/m0/s1. The average molecular weight is 375 g/mol. The number of nitrogens with one attached hydrogen (secondary N) is 1. The van der Waals surface area contributed by atoms with Crippen molar-refractivity contribution in [3.63, 3.8) is 0 Å². The number of nitrogens with zero attached hydrogens (tertiary/aromatic N) is 1. The van der Waals surface area contributed by atoms with E-state index in [0.717, 1.165) is 0 Å². The number of carbonyl (C=O) groups is 1. The molecule has 0 amide bonds. The Morgan fingerprint density at radius 1 is 1.42 bits per heavy atom. The van der Waals surface area contributed by atoms with Crippen molar-refractivity contribution in [3.05, 3.63) is 32.9 Å². The summed E-state index contributed by atoms with van der Waals surface area (Å²) in [6, 6.07) is -0.842. The van der Waals surface area contributed by atoms with Crippen molar-refractivity contribution >= 4 is 5.97 Å². The fourth-order valence-corrected chi connectivity index (χ4v) is 2.62. The summed E-state index contributed by atoms with van der Waals surface area (Å²) in [5, 5.41) is 20.1. The number of aromatic amines is 1. The summed E-state index contributed by atoms with van der Waals surface area (Å²) in [6.07, 6.45) is -4.76. The predicted molar refractivity (Wildman–Crippen MR) is 85.6 cm³/mol. The molecule has 0 saturated carbocycles. The van der Waals surface area contributed by atoms with Gasteiger partial charge in [0.1, 0.15) is 31.0 Å². The quantitative estimate of drug-likeness (QED) is 0.425. The van der Waals surface area contributed by atoms with Gasteiger partial charge < -0.3 is 25.4 Å². The lowest BCUT2D eigenvalue weighted by Crippen LogP contribution is -2.39. The summed E-state index contributed by atoms with van der Waals surface area (Å²) < 4.78 is 24.3. The summed E-state index contributed by atoms with van der Waals surface area (Å²) in [7, 11) is 0. The van der Waals surface area contributed by atoms with Crippen molar-refractivity contribution in [2.24, 2.45) is 11.7 Å². The SMILES string of the molecule is CC(C)C[C@H](N)C(=O)OC[C@H]1O[C@@H](n2cc(F)c(=O)[nH]c2=O)[C@H](O)[C@@H]1O. The number of halogens is 1. The largest absolute Gasteiger partial charge is 0.462 e. The fourth-order valence-electron chi connectivity index (χ4n) is 2.62. The minimum atomic E-state index is -1.61. The third-order valence-electron chi connectivity index (χ3n) is 3.95. The summed E-state index contributed by atoms with van der Waals surface area (Å²) in [4.78, 5) is 36.4. The first-order chi connectivity index (χ1) is 12.1. The maximum absolute atomic E-state index is 13.4. The number of aromatic nitrogens is 2. The zero-order chi connectivity index (χ0) is 19.6. The Labute approximate surface area is 147 Å². The molecule has 2 heterocycles. The van der Waals surface area contributed by atoms with Crippen LogP contribution in [0.5, 0.6) is 0 Å². The molecule has 1 fully saturated rings. The van der Waals surface area contributed by atoms with Gasteiger partial charge in [0.15, 0.2) is 6.23 Å². The number of H-pyrrole nitrogens is 1. The highest BCUT2D eigenvalue weighted by Crippen LogP contribution is 2.28. The average Bonchev–Trinajstić information content (AvgIpc) is 2.83. The molecule has 0 radical (unpaired) electrons. The topological polar surface area (TPSA) is 157 Å². The molecule has 0 spiro atoms. The van der Waals surface area contributed by atoms with Crippen molar-refractivity contribution in [1.82, 2.24) is 9.55 Å². The Kier molecular flexibility index (Phi) is 6.29. The number of hydrogen-bond acceptors (Lipinski definition) is 8. The van der Waals surface area contributed by atoms with Gasteiger partial charge in [0.05, 0.1) is 6.20 Å². The maximum Gasteiger partial charge on any atom is 0.330 e. The Balaban J connectivity index is 2.06. The number of carbonyl (C=O) groups excluding carboxylic acids is 1. The summed E-state index contributed by atoms with van der Waals surface area (Å²) in [6.45, 7) is 3.36. The van der Waals surface area contributed by atoms with Crippen molar-refractivity contribution in [2.75, 3.05) is 6.61 Å². The van der Waals surface area contributed by atoms with E-state index >= 15 is 0 Å². The second kappa shape index (κ2) is 8.08. The Morgan fingerprint density at radius 3 is 2.69 bits per heavy atom. The van der Waals surface area contributed by atoms with E-state index in [-0.39, 0.29) is 5.92 Å². The highest BCUT2D eigenvalue weighted by molar-refractivity contribution is 5.75. The van der Waals surface area contributed by atoms with Crippen molar-refractivity contribution < 1.29 is 28.9 Å². The minimum absolute atomic E-state index is 0.180. The minimum Gasteiger partial charge on any atom is -0.462 e. The third-order valence-corrected chi connectivity index (χ3v) is 3.95. The zero-order valence-corrected chi connectivity index (χ0v) is 14.3. The fraction of sp³-hybridized carbons (Fsp3) is 0.667. The lowest BCUT2D eigenvalue weighted by molar-refractivity contribution is -0.152. The van der Waals surface area contributed by atoms with E-state index in [1.54, 1.807) is 4.98 Å². The van der Waals surface area contributed by atoms with Gasteiger partial charge in [-0.05, 0) is 12.3 Å². The van der Waals surface area contributed by atoms with E-state index in [1.807, 2.05) is 13.8 Å². The molecule has 0 aliphatic carbocycles. The zero-order valence-electron chi connectivity index (χ0n) is 14.3. The van der Waals surface area contributed by atoms with Crippen molar-refractivity contribution in [1.29, 1.82) is 0 Å². The van der Waals surface area contributed by atoms with Gasteiger partial charge >= 0.3 is 11.7 Å². The van der Waals surface area contributed by atoms with Crippen LogP contribution in [0.25, 0.3) is 0 Å². The van der Waals surface area contributed by atoms with Crippen molar-refractivity contribution in [3.8, 4) is 0 Å². The van der Waals surface area contributed by atoms with Crippen LogP contribution in [0.15, 0.2) is 15.8 Å². The number of esters is 1. The summed E-state index contributed by atoms with van der Waals surface area (Å²) in [5.41, 5.74) is 3.44. The summed E-state index contributed by atoms with van der Waals surface area (Å²) in [5.74, 6) is -1.77. The van der Waals surface area contributed by atoms with Crippen LogP contribution in [0.3, 0.4) is 0 Å². The molecule has 146 valence electrons. The molecular weight excluding hydrogens is 353 g/mol. The molecule has 5 atom stereocenters. The van der Waals surface area contributed by atoms with E-state index in [4.69, 9.17) is 15.2 Å². The molecule has 5 N–H and O–H groups in total. The van der Waals surface area contributed by atoms with Gasteiger partial charge in [-0.1, -0.05) is 13.8 Å². The summed E-state index contributed by atoms with van der Waals surface area (Å²) >= 11 is 0. The molecular formula is C15H22FN3O7. The molecule has 0 bridgehead atoms. The molecule has 1 saturated heterocycles. The number of ether oxygens (including phenoxy) is 2. The lowest BCUT2D eigenvalue weighted by Gasteiger charge is -2.18. The Hall–Kier alpha value is -2.08. The number of aliphatic hydroxyl groups excluding tert-OH is 2. The van der Waals surface area contributed by atoms with Crippen LogP contribution in [0, 0.1) is 11.7 Å². The van der Waals surface area contributed by atoms with Crippen LogP contribution in [-0.2, 0) is 14.3 Å². The second-order valence-electron chi connectivity index (χ2n) is 6.56. The van der Waals surface area contributed by atoms with Crippen LogP contribution in [0.4, 0.5) is 4.39 Å². The van der Waals surface area contributed by atoms with Crippen LogP contribution in [-0.4, -0.2) is 56.7 Å². The van der Waals surface area contributed by atoms with E-state index in [1.165, 1.54) is 0 Å². The monoisotopic (exact) mass is 375 g/mol. The van der Waals surface area contributed by atoms with Crippen molar-refractivity contribution in [2.45, 2.75) is 50.8 Å². The molecule has 10 nitrogen and oxygen atoms in total. The molecule has 1 aromatic rings. The normalized spacial score (nSPS) is 26.9. The lowest BCUT2D eigenvalue weighted by atomic mass is 10.1. The molecule has 1 aliphatic heterocycles. The van der Waals surface area contributed by atoms with E-state index in [0.29, 0.717) is 17.2 Å². The molecule has 0 aromatic carbocycles. The second-order valence-corrected chi connectivity index (χ2v) is 6.56. The Bertz CT molecular complexity index is 762. The van der Waals surface area contributed by atoms with Gasteiger partial charge in [-0.25, -0.2) is 4.79 Å². The van der Waals surface area contributed by atoms with Crippen LogP contribution >= 0.6 is 0 Å². The maximum atomic E-state index is 13.4. The molecule has 1 aromatic heterocycles. The molecule has 26 heavy (non-hydrogen) atoms. The van der Waals surface area contributed by atoms with Gasteiger partial charge in [0.25, 0.3) is 5.56 Å². The van der Waals surface area contributed by atoms with Crippen LogP contribution in [0.1, 0.15) is 26.5 Å². The first-order valence-electron chi connectivity index (χ1n) is 8.06. The third kappa shape index (κ3) is 4.36. The molecule has 0 unspecified atom stereocenters. The van der Waals surface area contributed by atoms with Crippen LogP contribution in [0.2, 0.25) is 0 Å². The van der Waals surface area contributed by atoms with Gasteiger partial charge in [-0.2, -0.15) is 4.39 Å². The molecule has 1 aliphatic rings. The number of aliphatic hydroxyl groups is 2. The highest BCUT2D eigenvalue weighted by atomic mass is 19.1. The van der Waals surface area contributed by atoms with Gasteiger partial charge in [0, 0.05) is 0 Å². The number of hydrogen-bond donors (Lipinski definition) is 4. The van der Waals surface area contributed by atoms with Gasteiger partial charge in [-0.15, -0.1) is 0 Å². The smallest absolute Gasteiger partial charge is 0.330 e. The highest BCUT2D eigenvalue weighted by Gasteiger charge is 2.45. The van der Waals surface area contributed by atoms with Crippen LogP contribution < -0.4 is 17.0 Å². The van der Waals surface area contributed by atoms with E-state index in [2.05, 4.69) is 0 Å². The molecule has 11 heteroatoms. The predicted octanol–water partition coefficient (Wildman–Crippen LogP) is -1.79. The number of rotatable bonds is 6. The van der Waals surface area contributed by atoms with Gasteiger partial charge in [0.2, 0.25) is 5.82 Å².